The first-order valence-electron chi connectivity index (χ1n) is 7.51. The van der Waals surface area contributed by atoms with E-state index >= 15 is 0 Å². The number of amides is 1. The highest BCUT2D eigenvalue weighted by Crippen LogP contribution is 2.25. The van der Waals surface area contributed by atoms with Gasteiger partial charge in [0.25, 0.3) is 5.91 Å². The number of nitrogens with zero attached hydrogens (tertiary/aromatic N) is 1. The molecular formula is C19H20N2O2S2. The van der Waals surface area contributed by atoms with Crippen LogP contribution in [0, 0.1) is 12.3 Å². The molecular weight excluding hydrogens is 352 g/mol. The van der Waals surface area contributed by atoms with Gasteiger partial charge in [-0.2, -0.15) is 0 Å². The van der Waals surface area contributed by atoms with Crippen molar-refractivity contribution < 1.29 is 9.53 Å². The van der Waals surface area contributed by atoms with Crippen molar-refractivity contribution in [3.63, 3.8) is 0 Å². The second-order valence-corrected chi connectivity index (χ2v) is 7.23. The Hall–Kier alpha value is -2.10. The van der Waals surface area contributed by atoms with Crippen molar-refractivity contribution in [2.24, 2.45) is 0 Å². The summed E-state index contributed by atoms with van der Waals surface area (Å²) in [6.45, 7) is 5.37. The zero-order chi connectivity index (χ0) is 18.4. The molecule has 1 amide bonds. The Balaban J connectivity index is 2.20. The lowest BCUT2D eigenvalue weighted by atomic mass is 10.0. The maximum absolute atomic E-state index is 12.5. The standard InChI is InChI=1S/C19H20N2O2S2/c1-6-19(3,7-2)21-17(22)18(25-5)23-14-8-9-16-13(10-14)11-15(24-4)12-20-16/h1,7-12,18H,2H2,3-5H3,(H,21,22). The lowest BCUT2D eigenvalue weighted by molar-refractivity contribution is -0.125. The number of nitrogens with one attached hydrogen (secondary N) is 1. The second-order valence-electron chi connectivity index (χ2n) is 5.46. The van der Waals surface area contributed by atoms with Gasteiger partial charge in [-0.05, 0) is 43.7 Å². The molecule has 1 heterocycles. The Morgan fingerprint density at radius 1 is 1.48 bits per heavy atom. The second kappa shape index (κ2) is 8.32. The van der Waals surface area contributed by atoms with Crippen LogP contribution < -0.4 is 10.1 Å². The van der Waals surface area contributed by atoms with Gasteiger partial charge in [-0.1, -0.05) is 18.6 Å². The third-order valence-corrected chi connectivity index (χ3v) is 5.06. The van der Waals surface area contributed by atoms with Gasteiger partial charge in [0.05, 0.1) is 5.52 Å². The molecule has 1 aromatic carbocycles. The van der Waals surface area contributed by atoms with E-state index in [4.69, 9.17) is 11.2 Å². The van der Waals surface area contributed by atoms with E-state index in [1.54, 1.807) is 31.0 Å². The first-order valence-corrected chi connectivity index (χ1v) is 10.0. The summed E-state index contributed by atoms with van der Waals surface area (Å²) in [6, 6.07) is 7.60. The Morgan fingerprint density at radius 3 is 2.84 bits per heavy atom. The van der Waals surface area contributed by atoms with E-state index in [2.05, 4.69) is 22.8 Å². The number of rotatable bonds is 7. The molecule has 2 atom stereocenters. The van der Waals surface area contributed by atoms with E-state index < -0.39 is 11.0 Å². The molecule has 0 aliphatic heterocycles. The number of carbonyl (C=O) groups excluding carboxylic acids is 1. The Morgan fingerprint density at radius 2 is 2.24 bits per heavy atom. The number of aromatic nitrogens is 1. The van der Waals surface area contributed by atoms with Crippen LogP contribution in [0.4, 0.5) is 0 Å². The molecule has 0 aliphatic rings. The van der Waals surface area contributed by atoms with Gasteiger partial charge in [-0.15, -0.1) is 29.9 Å². The smallest absolute Gasteiger partial charge is 0.273 e. The Kier molecular flexibility index (Phi) is 6.40. The number of thioether (sulfide) groups is 2. The third kappa shape index (κ3) is 4.71. The molecule has 0 saturated heterocycles. The summed E-state index contributed by atoms with van der Waals surface area (Å²) >= 11 is 2.92. The highest BCUT2D eigenvalue weighted by atomic mass is 32.2. The minimum atomic E-state index is -0.908. The molecule has 0 saturated carbocycles. The fourth-order valence-corrected chi connectivity index (χ4v) is 2.95. The summed E-state index contributed by atoms with van der Waals surface area (Å²) in [4.78, 5) is 17.9. The van der Waals surface area contributed by atoms with Crippen molar-refractivity contribution in [3.05, 3.63) is 43.1 Å². The van der Waals surface area contributed by atoms with Crippen molar-refractivity contribution in [1.82, 2.24) is 10.3 Å². The van der Waals surface area contributed by atoms with Crippen LogP contribution in [0.1, 0.15) is 6.92 Å². The number of hydrogen-bond donors (Lipinski definition) is 1. The molecule has 6 heteroatoms. The quantitative estimate of drug-likeness (QED) is 0.347. The molecule has 2 unspecified atom stereocenters. The van der Waals surface area contributed by atoms with Crippen LogP contribution in [0.3, 0.4) is 0 Å². The van der Waals surface area contributed by atoms with Crippen LogP contribution in [0.15, 0.2) is 48.0 Å². The van der Waals surface area contributed by atoms with Crippen LogP contribution in [0.5, 0.6) is 5.75 Å². The van der Waals surface area contributed by atoms with E-state index in [1.807, 2.05) is 30.7 Å². The molecule has 2 aromatic rings. The van der Waals surface area contributed by atoms with Crippen molar-refractivity contribution in [2.75, 3.05) is 12.5 Å². The average molecular weight is 373 g/mol. The van der Waals surface area contributed by atoms with Crippen LogP contribution >= 0.6 is 23.5 Å². The average Bonchev–Trinajstić information content (AvgIpc) is 2.65. The molecule has 0 aliphatic carbocycles. The number of hydrogen-bond acceptors (Lipinski definition) is 5. The number of pyridine rings is 1. The van der Waals surface area contributed by atoms with Crippen molar-refractivity contribution in [1.29, 1.82) is 0 Å². The van der Waals surface area contributed by atoms with E-state index in [-0.39, 0.29) is 5.91 Å². The van der Waals surface area contributed by atoms with Gasteiger partial charge in [-0.3, -0.25) is 9.78 Å². The fourth-order valence-electron chi connectivity index (χ4n) is 2.07. The molecule has 1 N–H and O–H groups in total. The largest absolute Gasteiger partial charge is 0.470 e. The SMILES string of the molecule is C#CC(C)(C=C)NC(=O)C(Oc1ccc2ncc(SC)cc2c1)SC. The summed E-state index contributed by atoms with van der Waals surface area (Å²) in [5.41, 5.74) is -0.752. The maximum atomic E-state index is 12.5. The van der Waals surface area contributed by atoms with Gasteiger partial charge in [0.2, 0.25) is 5.44 Å². The normalized spacial score (nSPS) is 14.2. The van der Waals surface area contributed by atoms with Crippen LogP contribution in [-0.4, -0.2) is 34.4 Å². The number of benzene rings is 1. The zero-order valence-electron chi connectivity index (χ0n) is 14.4. The Labute approximate surface area is 156 Å². The minimum Gasteiger partial charge on any atom is -0.470 e. The fraction of sp³-hybridized carbons (Fsp3) is 0.263. The number of terminal acetylenes is 1. The number of ether oxygens (including phenoxy) is 1. The number of carbonyl (C=O) groups is 1. The van der Waals surface area contributed by atoms with Gasteiger partial charge in [0, 0.05) is 16.5 Å². The summed E-state index contributed by atoms with van der Waals surface area (Å²) in [5, 5.41) is 3.73. The van der Waals surface area contributed by atoms with Crippen LogP contribution in [0.2, 0.25) is 0 Å². The molecule has 130 valence electrons. The summed E-state index contributed by atoms with van der Waals surface area (Å²) < 4.78 is 5.86. The first kappa shape index (κ1) is 19.2. The molecule has 0 bridgehead atoms. The predicted octanol–water partition coefficient (Wildman–Crippen LogP) is 3.72. The molecule has 2 rings (SSSR count). The third-order valence-electron chi connectivity index (χ3n) is 3.63. The molecule has 0 fully saturated rings. The van der Waals surface area contributed by atoms with Gasteiger partial charge >= 0.3 is 0 Å². The summed E-state index contributed by atoms with van der Waals surface area (Å²) in [5.74, 6) is 2.81. The van der Waals surface area contributed by atoms with E-state index in [1.165, 1.54) is 17.8 Å². The van der Waals surface area contributed by atoms with Gasteiger partial charge in [0.1, 0.15) is 11.3 Å². The maximum Gasteiger partial charge on any atom is 0.273 e. The zero-order valence-corrected chi connectivity index (χ0v) is 16.0. The molecule has 4 nitrogen and oxygen atoms in total. The van der Waals surface area contributed by atoms with Crippen molar-refractivity contribution >= 4 is 40.3 Å². The van der Waals surface area contributed by atoms with Crippen molar-refractivity contribution in [2.45, 2.75) is 22.8 Å². The lowest BCUT2D eigenvalue weighted by Crippen LogP contribution is -2.48. The monoisotopic (exact) mass is 372 g/mol. The van der Waals surface area contributed by atoms with Crippen LogP contribution in [0.25, 0.3) is 10.9 Å². The number of fused-ring (bicyclic) bond motifs is 1. The van der Waals surface area contributed by atoms with Gasteiger partial charge < -0.3 is 10.1 Å². The molecule has 1 aromatic heterocycles. The predicted molar refractivity (Wildman–Crippen MR) is 107 cm³/mol. The van der Waals surface area contributed by atoms with Crippen molar-refractivity contribution in [3.8, 4) is 18.1 Å². The lowest BCUT2D eigenvalue weighted by Gasteiger charge is -2.24. The van der Waals surface area contributed by atoms with Gasteiger partial charge in [0.15, 0.2) is 0 Å². The summed E-state index contributed by atoms with van der Waals surface area (Å²) in [7, 11) is 0. The van der Waals surface area contributed by atoms with E-state index in [0.29, 0.717) is 5.75 Å². The first-order chi connectivity index (χ1) is 11.9. The topological polar surface area (TPSA) is 51.2 Å². The highest BCUT2D eigenvalue weighted by molar-refractivity contribution is 7.99. The molecule has 0 radical (unpaired) electrons. The van der Waals surface area contributed by atoms with E-state index in [0.717, 1.165) is 15.8 Å². The highest BCUT2D eigenvalue weighted by Gasteiger charge is 2.26. The summed E-state index contributed by atoms with van der Waals surface area (Å²) in [6.07, 6.45) is 12.6. The minimum absolute atomic E-state index is 0.302. The Bertz CT molecular complexity index is 832. The molecule has 25 heavy (non-hydrogen) atoms. The van der Waals surface area contributed by atoms with E-state index in [9.17, 15) is 4.79 Å². The van der Waals surface area contributed by atoms with Gasteiger partial charge in [-0.25, -0.2) is 0 Å². The molecule has 0 spiro atoms. The van der Waals surface area contributed by atoms with Crippen LogP contribution in [-0.2, 0) is 4.79 Å².